The highest BCUT2D eigenvalue weighted by atomic mass is 19.3. The minimum absolute atomic E-state index is 0.137. The smallest absolute Gasteiger partial charge is 0.255 e. The summed E-state index contributed by atoms with van der Waals surface area (Å²) in [6.45, 7) is 0. The summed E-state index contributed by atoms with van der Waals surface area (Å²) in [4.78, 5) is 14.3. The summed E-state index contributed by atoms with van der Waals surface area (Å²) in [5, 5.41) is 0. The number of hydrogen-bond donors (Lipinski definition) is 0. The fourth-order valence-electron chi connectivity index (χ4n) is 2.72. The molecular weight excluding hydrogens is 159 g/mol. The van der Waals surface area contributed by atoms with Gasteiger partial charge in [0.1, 0.15) is 0 Å². The van der Waals surface area contributed by atoms with Crippen molar-refractivity contribution in [2.45, 2.75) is 32.1 Å². The lowest BCUT2D eigenvalue weighted by Gasteiger charge is -2.40. The lowest BCUT2D eigenvalue weighted by Crippen LogP contribution is -2.36. The molecule has 3 heteroatoms. The number of carbonyl (C=O) groups excluding carboxylic acids is 1. The van der Waals surface area contributed by atoms with Crippen molar-refractivity contribution < 1.29 is 14.3 Å². The monoisotopic (exact) mass is 172 g/mol. The molecule has 0 aliphatic heterocycles. The topological polar surface area (TPSA) is 26.3 Å². The predicted octanol–water partition coefficient (Wildman–Crippen LogP) is 2.24. The lowest BCUT2D eigenvalue weighted by atomic mass is 9.65. The molecule has 0 aromatic heterocycles. The Hall–Kier alpha value is -0.600. The highest BCUT2D eigenvalue weighted by molar-refractivity contribution is 5.72. The zero-order valence-electron chi connectivity index (χ0n) is 6.96. The van der Waals surface area contributed by atoms with Crippen molar-refractivity contribution in [3.63, 3.8) is 0 Å². The minimum Gasteiger partial charge on any atom is -0.255 e. The van der Waals surface area contributed by atoms with Gasteiger partial charge in [-0.1, -0.05) is 12.8 Å². The van der Waals surface area contributed by atoms with Crippen LogP contribution in [-0.4, -0.2) is 5.97 Å². The van der Waals surface area contributed by atoms with Crippen LogP contribution in [-0.2, 0) is 9.74 Å². The zero-order valence-corrected chi connectivity index (χ0v) is 6.96. The first-order valence-electron chi connectivity index (χ1n) is 4.63. The third-order valence-corrected chi connectivity index (χ3v) is 3.43. The van der Waals surface area contributed by atoms with Gasteiger partial charge in [-0.15, -0.1) is 0 Å². The van der Waals surface area contributed by atoms with Crippen molar-refractivity contribution in [1.82, 2.24) is 0 Å². The molecule has 2 nitrogen and oxygen atoms in total. The summed E-state index contributed by atoms with van der Waals surface area (Å²) in [7, 11) is 0. The molecule has 0 aromatic carbocycles. The molecule has 3 saturated carbocycles. The van der Waals surface area contributed by atoms with Gasteiger partial charge in [0.05, 0.1) is 5.92 Å². The predicted molar refractivity (Wildman–Crippen MR) is 40.8 cm³/mol. The summed E-state index contributed by atoms with van der Waals surface area (Å²) in [6, 6.07) is 0. The van der Waals surface area contributed by atoms with E-state index < -0.39 is 5.97 Å². The van der Waals surface area contributed by atoms with Crippen LogP contribution in [0.4, 0.5) is 4.53 Å². The minimum atomic E-state index is -0.635. The maximum atomic E-state index is 11.6. The molecule has 3 rings (SSSR count). The normalized spacial score (nSPS) is 39.6. The molecule has 0 aromatic rings. The molecule has 68 valence electrons. The molecule has 2 bridgehead atoms. The van der Waals surface area contributed by atoms with Gasteiger partial charge in [0.25, 0.3) is 0 Å². The Balaban J connectivity index is 2.03. The largest absolute Gasteiger partial charge is 0.352 e. The van der Waals surface area contributed by atoms with Crippen molar-refractivity contribution in [3.8, 4) is 0 Å². The van der Waals surface area contributed by atoms with Gasteiger partial charge in [-0.2, -0.15) is 0 Å². The van der Waals surface area contributed by atoms with Gasteiger partial charge in [-0.3, -0.25) is 4.94 Å². The van der Waals surface area contributed by atoms with Crippen LogP contribution in [0, 0.1) is 17.8 Å². The van der Waals surface area contributed by atoms with Crippen LogP contribution >= 0.6 is 0 Å². The van der Waals surface area contributed by atoms with E-state index in [2.05, 4.69) is 4.94 Å². The molecule has 0 amide bonds. The van der Waals surface area contributed by atoms with Crippen LogP contribution < -0.4 is 0 Å². The van der Waals surface area contributed by atoms with Crippen LogP contribution in [0.5, 0.6) is 0 Å². The van der Waals surface area contributed by atoms with Gasteiger partial charge in [-0.25, -0.2) is 4.79 Å². The quantitative estimate of drug-likeness (QED) is 0.606. The number of fused-ring (bicyclic) bond motifs is 3. The highest BCUT2D eigenvalue weighted by Crippen LogP contribution is 2.45. The second-order valence-electron chi connectivity index (χ2n) is 4.02. The molecule has 0 N–H and O–H groups in total. The molecule has 1 unspecified atom stereocenters. The summed E-state index contributed by atoms with van der Waals surface area (Å²) < 4.78 is 11.6. The Labute approximate surface area is 71.0 Å². The van der Waals surface area contributed by atoms with Crippen LogP contribution in [0.1, 0.15) is 32.1 Å². The molecule has 1 atom stereocenters. The molecular formula is C9H13FO2. The van der Waals surface area contributed by atoms with Crippen molar-refractivity contribution >= 4 is 5.97 Å². The van der Waals surface area contributed by atoms with E-state index in [1.165, 1.54) is 12.8 Å². The Morgan fingerprint density at radius 3 is 2.33 bits per heavy atom. The third kappa shape index (κ3) is 1.21. The van der Waals surface area contributed by atoms with Gasteiger partial charge in [-0.05, 0) is 31.1 Å². The summed E-state index contributed by atoms with van der Waals surface area (Å²) in [6.07, 6.45) is 5.48. The Morgan fingerprint density at radius 2 is 1.92 bits per heavy atom. The maximum Gasteiger partial charge on any atom is 0.352 e. The molecule has 3 aliphatic carbocycles. The third-order valence-electron chi connectivity index (χ3n) is 3.43. The molecule has 3 aliphatic rings. The number of halogens is 1. The Bertz CT molecular complexity index is 185. The molecule has 0 heterocycles. The summed E-state index contributed by atoms with van der Waals surface area (Å²) in [5.41, 5.74) is 0. The zero-order chi connectivity index (χ0) is 8.55. The molecule has 0 saturated heterocycles. The van der Waals surface area contributed by atoms with Crippen LogP contribution in [0.25, 0.3) is 0 Å². The molecule has 12 heavy (non-hydrogen) atoms. The first kappa shape index (κ1) is 8.02. The first-order chi connectivity index (χ1) is 5.81. The number of rotatable bonds is 1. The van der Waals surface area contributed by atoms with Gasteiger partial charge >= 0.3 is 5.97 Å². The van der Waals surface area contributed by atoms with Crippen molar-refractivity contribution in [1.29, 1.82) is 0 Å². The highest BCUT2D eigenvalue weighted by Gasteiger charge is 2.40. The van der Waals surface area contributed by atoms with E-state index in [0.29, 0.717) is 11.8 Å². The van der Waals surface area contributed by atoms with E-state index in [-0.39, 0.29) is 5.92 Å². The Kier molecular flexibility index (Phi) is 2.03. The van der Waals surface area contributed by atoms with E-state index in [9.17, 15) is 9.32 Å². The lowest BCUT2D eigenvalue weighted by molar-refractivity contribution is -0.194. The number of carbonyl (C=O) groups is 1. The van der Waals surface area contributed by atoms with Gasteiger partial charge in [0.15, 0.2) is 0 Å². The standard InChI is InChI=1S/C9H13FO2/c10-12-9(11)8-5-6-1-3-7(8)4-2-6/h6-8H,1-5H2. The maximum absolute atomic E-state index is 11.6. The van der Waals surface area contributed by atoms with Gasteiger partial charge < -0.3 is 0 Å². The van der Waals surface area contributed by atoms with Gasteiger partial charge in [0, 0.05) is 4.53 Å². The van der Waals surface area contributed by atoms with E-state index in [0.717, 1.165) is 19.3 Å². The van der Waals surface area contributed by atoms with Gasteiger partial charge in [0.2, 0.25) is 0 Å². The fraction of sp³-hybridized carbons (Fsp3) is 0.889. The van der Waals surface area contributed by atoms with Crippen molar-refractivity contribution in [2.24, 2.45) is 17.8 Å². The average molecular weight is 172 g/mol. The molecule has 0 radical (unpaired) electrons. The molecule has 3 fully saturated rings. The number of hydrogen-bond acceptors (Lipinski definition) is 2. The fourth-order valence-corrected chi connectivity index (χ4v) is 2.72. The van der Waals surface area contributed by atoms with E-state index in [1.54, 1.807) is 0 Å². The van der Waals surface area contributed by atoms with E-state index >= 15 is 0 Å². The first-order valence-corrected chi connectivity index (χ1v) is 4.63. The Morgan fingerprint density at radius 1 is 1.25 bits per heavy atom. The van der Waals surface area contributed by atoms with Crippen LogP contribution in [0.3, 0.4) is 0 Å². The summed E-state index contributed by atoms with van der Waals surface area (Å²) in [5.74, 6) is 0.282. The second kappa shape index (κ2) is 3.04. The van der Waals surface area contributed by atoms with Crippen molar-refractivity contribution in [2.75, 3.05) is 0 Å². The van der Waals surface area contributed by atoms with Crippen molar-refractivity contribution in [3.05, 3.63) is 0 Å². The van der Waals surface area contributed by atoms with Crippen LogP contribution in [0.15, 0.2) is 0 Å². The van der Waals surface area contributed by atoms with E-state index in [4.69, 9.17) is 0 Å². The SMILES string of the molecule is O=C(OF)C1CC2CCC1CC2. The second-order valence-corrected chi connectivity index (χ2v) is 4.02. The van der Waals surface area contributed by atoms with E-state index in [1.807, 2.05) is 0 Å². The average Bonchev–Trinajstić information content (AvgIpc) is 2.18. The molecule has 0 spiro atoms. The van der Waals surface area contributed by atoms with Crippen LogP contribution in [0.2, 0.25) is 0 Å². The summed E-state index contributed by atoms with van der Waals surface area (Å²) >= 11 is 0.